The molecule has 11 heteroatoms. The van der Waals surface area contributed by atoms with Gasteiger partial charge in [0, 0.05) is 56.0 Å². The van der Waals surface area contributed by atoms with Crippen molar-refractivity contribution in [1.29, 1.82) is 0 Å². The highest BCUT2D eigenvalue weighted by Crippen LogP contribution is 2.68. The molecule has 0 saturated carbocycles. The number of halogens is 1. The van der Waals surface area contributed by atoms with E-state index in [-0.39, 0.29) is 41.1 Å². The highest BCUT2D eigenvalue weighted by atomic mass is 79.9. The number of alkyl halides is 1. The number of amides is 2. The van der Waals surface area contributed by atoms with Crippen LogP contribution in [0.1, 0.15) is 26.2 Å². The highest BCUT2D eigenvalue weighted by Gasteiger charge is 2.76. The third-order valence-electron chi connectivity index (χ3n) is 7.84. The quantitative estimate of drug-likeness (QED) is 0.157. The Hall–Kier alpha value is -1.14. The molecular weight excluding hydrogens is 550 g/mol. The molecule has 0 aliphatic carbocycles. The van der Waals surface area contributed by atoms with Crippen molar-refractivity contribution in [3.8, 4) is 0 Å². The Morgan fingerprint density at radius 1 is 1.33 bits per heavy atom. The number of esters is 1. The van der Waals surface area contributed by atoms with Crippen LogP contribution in [0.4, 0.5) is 0 Å². The molecule has 0 aromatic heterocycles. The predicted molar refractivity (Wildman–Crippen MR) is 141 cm³/mol. The van der Waals surface area contributed by atoms with Gasteiger partial charge in [0.2, 0.25) is 11.8 Å². The average molecular weight is 589 g/mol. The Morgan fingerprint density at radius 3 is 2.75 bits per heavy atom. The molecule has 1 spiro atoms. The third-order valence-corrected chi connectivity index (χ3v) is 11.1. The molecule has 9 nitrogen and oxygen atoms in total. The normalized spacial score (nSPS) is 33.6. The smallest absolute Gasteiger partial charge is 0.310 e. The predicted octanol–water partition coefficient (Wildman–Crippen LogP) is 1.13. The van der Waals surface area contributed by atoms with E-state index >= 15 is 0 Å². The zero-order chi connectivity index (χ0) is 25.9. The van der Waals surface area contributed by atoms with Gasteiger partial charge in [0.25, 0.3) is 0 Å². The van der Waals surface area contributed by atoms with Gasteiger partial charge in [-0.2, -0.15) is 0 Å². The summed E-state index contributed by atoms with van der Waals surface area (Å²) in [5, 5.41) is 9.23. The van der Waals surface area contributed by atoms with E-state index in [0.717, 1.165) is 19.6 Å². The van der Waals surface area contributed by atoms with E-state index in [1.54, 1.807) is 29.7 Å². The summed E-state index contributed by atoms with van der Waals surface area (Å²) in [5.41, 5.74) is 0. The van der Waals surface area contributed by atoms with Crippen molar-refractivity contribution in [3.63, 3.8) is 0 Å². The largest absolute Gasteiger partial charge is 0.466 e. The Labute approximate surface area is 226 Å². The number of ether oxygens (including phenoxy) is 2. The molecule has 4 heterocycles. The molecule has 2 amide bonds. The van der Waals surface area contributed by atoms with Crippen LogP contribution >= 0.6 is 27.7 Å². The van der Waals surface area contributed by atoms with Crippen molar-refractivity contribution >= 4 is 45.5 Å². The van der Waals surface area contributed by atoms with E-state index in [1.807, 2.05) is 4.90 Å². The summed E-state index contributed by atoms with van der Waals surface area (Å²) in [6, 6.07) is -0.659. The number of aliphatic hydroxyl groups is 1. The number of hydrogen-bond donors (Lipinski definition) is 1. The minimum atomic E-state index is -0.679. The van der Waals surface area contributed by atoms with Crippen molar-refractivity contribution < 1.29 is 29.0 Å². The number of thioether (sulfide) groups is 1. The minimum absolute atomic E-state index is 0.0230. The lowest BCUT2D eigenvalue weighted by atomic mass is 9.71. The topological polar surface area (TPSA) is 99.6 Å². The SMILES string of the molecule is C=CCN(CCN1CCOCC1)C(=O)C1N(CCCCO)C(=O)[C@@H]2[C@H](C(=O)OCC)[C@H]3SC12CC3Br. The molecule has 1 N–H and O–H groups in total. The standard InChI is InChI=1S/C25H38BrN3O6S/c1-3-7-28(10-9-27-11-14-34-15-12-27)23(32)21-25-16-17(26)20(36-25)18(24(33)35-4-2)19(25)22(31)29(21)8-5-6-13-30/h3,17-21,30H,1,4-16H2,2H3/t17?,18-,19-,20-,21?,25?/m0/s1. The number of aliphatic hydroxyl groups excluding tert-OH is 1. The molecule has 0 aromatic carbocycles. The minimum Gasteiger partial charge on any atom is -0.466 e. The zero-order valence-corrected chi connectivity index (χ0v) is 23.4. The lowest BCUT2D eigenvalue weighted by Crippen LogP contribution is -2.56. The van der Waals surface area contributed by atoms with E-state index in [0.29, 0.717) is 52.1 Å². The Bertz CT molecular complexity index is 843. The van der Waals surface area contributed by atoms with Crippen molar-refractivity contribution in [1.82, 2.24) is 14.7 Å². The first-order valence-electron chi connectivity index (χ1n) is 13.0. The fraction of sp³-hybridized carbons (Fsp3) is 0.800. The van der Waals surface area contributed by atoms with Crippen LogP contribution in [0.15, 0.2) is 12.7 Å². The fourth-order valence-corrected chi connectivity index (χ4v) is 9.85. The van der Waals surface area contributed by atoms with Crippen LogP contribution < -0.4 is 0 Å². The first-order chi connectivity index (χ1) is 17.4. The maximum absolute atomic E-state index is 14.3. The van der Waals surface area contributed by atoms with E-state index in [1.165, 1.54) is 0 Å². The van der Waals surface area contributed by atoms with Crippen molar-refractivity contribution in [3.05, 3.63) is 12.7 Å². The fourth-order valence-electron chi connectivity index (χ4n) is 6.26. The summed E-state index contributed by atoms with van der Waals surface area (Å²) in [4.78, 5) is 47.0. The molecule has 4 aliphatic heterocycles. The average Bonchev–Trinajstić information content (AvgIpc) is 3.46. The van der Waals surface area contributed by atoms with Crippen LogP contribution in [0.3, 0.4) is 0 Å². The maximum Gasteiger partial charge on any atom is 0.310 e. The third kappa shape index (κ3) is 5.10. The Balaban J connectivity index is 1.63. The number of nitrogens with zero attached hydrogens (tertiary/aromatic N) is 3. The van der Waals surface area contributed by atoms with Crippen LogP contribution in [0.25, 0.3) is 0 Å². The molecule has 36 heavy (non-hydrogen) atoms. The summed E-state index contributed by atoms with van der Waals surface area (Å²) >= 11 is 5.39. The molecular formula is C25H38BrN3O6S. The molecule has 4 saturated heterocycles. The van der Waals surface area contributed by atoms with Gasteiger partial charge in [-0.1, -0.05) is 22.0 Å². The number of fused-ring (bicyclic) bond motifs is 1. The summed E-state index contributed by atoms with van der Waals surface area (Å²) in [5.74, 6) is -1.71. The van der Waals surface area contributed by atoms with Gasteiger partial charge in [-0.05, 0) is 26.2 Å². The Morgan fingerprint density at radius 2 is 2.08 bits per heavy atom. The van der Waals surface area contributed by atoms with E-state index in [2.05, 4.69) is 27.4 Å². The molecule has 0 radical (unpaired) electrons. The van der Waals surface area contributed by atoms with Crippen molar-refractivity contribution in [2.24, 2.45) is 11.8 Å². The summed E-state index contributed by atoms with van der Waals surface area (Å²) in [6.07, 6.45) is 3.52. The van der Waals surface area contributed by atoms with Crippen LogP contribution in [-0.4, -0.2) is 124 Å². The number of rotatable bonds is 12. The van der Waals surface area contributed by atoms with Crippen LogP contribution in [0.5, 0.6) is 0 Å². The molecule has 4 aliphatic rings. The van der Waals surface area contributed by atoms with Gasteiger partial charge >= 0.3 is 5.97 Å². The summed E-state index contributed by atoms with van der Waals surface area (Å²) in [7, 11) is 0. The van der Waals surface area contributed by atoms with E-state index in [9.17, 15) is 19.5 Å². The van der Waals surface area contributed by atoms with Crippen LogP contribution in [-0.2, 0) is 23.9 Å². The van der Waals surface area contributed by atoms with Crippen molar-refractivity contribution in [2.45, 2.75) is 47.1 Å². The van der Waals surface area contributed by atoms with Crippen molar-refractivity contribution in [2.75, 3.05) is 65.7 Å². The lowest BCUT2D eigenvalue weighted by molar-refractivity contribution is -0.153. The summed E-state index contributed by atoms with van der Waals surface area (Å²) < 4.78 is 10.2. The van der Waals surface area contributed by atoms with Gasteiger partial charge < -0.3 is 24.4 Å². The maximum atomic E-state index is 14.3. The number of hydrogen-bond acceptors (Lipinski definition) is 8. The molecule has 4 rings (SSSR count). The monoisotopic (exact) mass is 587 g/mol. The zero-order valence-electron chi connectivity index (χ0n) is 21.0. The second-order valence-corrected chi connectivity index (χ2v) is 12.6. The van der Waals surface area contributed by atoms with E-state index in [4.69, 9.17) is 9.47 Å². The number of morpholine rings is 1. The van der Waals surface area contributed by atoms with Gasteiger partial charge in [-0.25, -0.2) is 0 Å². The van der Waals surface area contributed by atoms with E-state index < -0.39 is 22.6 Å². The second-order valence-electron chi connectivity index (χ2n) is 9.90. The van der Waals surface area contributed by atoms with Gasteiger partial charge in [0.15, 0.2) is 0 Å². The molecule has 2 bridgehead atoms. The molecule has 4 fully saturated rings. The van der Waals surface area contributed by atoms with Gasteiger partial charge in [-0.15, -0.1) is 18.3 Å². The number of carbonyl (C=O) groups excluding carboxylic acids is 3. The van der Waals surface area contributed by atoms with Gasteiger partial charge in [0.05, 0.1) is 36.4 Å². The molecule has 0 aromatic rings. The second kappa shape index (κ2) is 12.1. The van der Waals surface area contributed by atoms with Crippen LogP contribution in [0, 0.1) is 11.8 Å². The number of unbranched alkanes of at least 4 members (excludes halogenated alkanes) is 1. The summed E-state index contributed by atoms with van der Waals surface area (Å²) in [6.45, 7) is 11.0. The Kier molecular flexibility index (Phi) is 9.41. The first-order valence-corrected chi connectivity index (χ1v) is 14.8. The number of likely N-dealkylation sites (tertiary alicyclic amines) is 1. The number of carbonyl (C=O) groups is 3. The molecule has 3 unspecified atom stereocenters. The van der Waals surface area contributed by atoms with Crippen LogP contribution in [0.2, 0.25) is 0 Å². The first kappa shape index (κ1) is 27.9. The molecule has 202 valence electrons. The van der Waals surface area contributed by atoms with Gasteiger partial charge in [0.1, 0.15) is 6.04 Å². The highest BCUT2D eigenvalue weighted by molar-refractivity contribution is 9.09. The van der Waals surface area contributed by atoms with Gasteiger partial charge in [-0.3, -0.25) is 19.3 Å². The molecule has 6 atom stereocenters. The lowest BCUT2D eigenvalue weighted by Gasteiger charge is -2.38.